The number of benzene rings is 1. The number of piperidine rings is 1. The Morgan fingerprint density at radius 1 is 1.43 bits per heavy atom. The zero-order chi connectivity index (χ0) is 14.8. The van der Waals surface area contributed by atoms with Crippen LogP contribution in [0.2, 0.25) is 0 Å². The highest BCUT2D eigenvalue weighted by atomic mass is 79.9. The molecule has 110 valence electrons. The van der Waals surface area contributed by atoms with E-state index in [0.717, 1.165) is 28.3 Å². The highest BCUT2D eigenvalue weighted by Crippen LogP contribution is 2.33. The normalized spacial score (nSPS) is 24.6. The molecule has 0 unspecified atom stereocenters. The summed E-state index contributed by atoms with van der Waals surface area (Å²) in [6, 6.07) is 7.90. The van der Waals surface area contributed by atoms with Crippen molar-refractivity contribution in [2.45, 2.75) is 19.8 Å². The smallest absolute Gasteiger partial charge is 0.286 e. The minimum atomic E-state index is -0.121. The number of amidine groups is 1. The topological polar surface area (TPSA) is 32.7 Å². The van der Waals surface area contributed by atoms with Crippen LogP contribution in [0.3, 0.4) is 0 Å². The lowest BCUT2D eigenvalue weighted by molar-refractivity contribution is -0.113. The predicted octanol–water partition coefficient (Wildman–Crippen LogP) is 4.15. The molecule has 1 aromatic carbocycles. The van der Waals surface area contributed by atoms with Crippen LogP contribution in [0.4, 0.5) is 0 Å². The summed E-state index contributed by atoms with van der Waals surface area (Å²) in [6.45, 7) is 4.26. The van der Waals surface area contributed by atoms with Gasteiger partial charge in [0.1, 0.15) is 0 Å². The second-order valence-corrected chi connectivity index (χ2v) is 7.39. The molecule has 2 aliphatic rings. The lowest BCUT2D eigenvalue weighted by atomic mass is 10.0. The molecule has 5 heteroatoms. The van der Waals surface area contributed by atoms with E-state index in [4.69, 9.17) is 0 Å². The van der Waals surface area contributed by atoms with Crippen LogP contribution in [0.1, 0.15) is 25.3 Å². The monoisotopic (exact) mass is 364 g/mol. The van der Waals surface area contributed by atoms with E-state index in [2.05, 4.69) is 32.7 Å². The van der Waals surface area contributed by atoms with Gasteiger partial charge in [-0.3, -0.25) is 4.79 Å². The third-order valence-electron chi connectivity index (χ3n) is 3.73. The number of likely N-dealkylation sites (tertiary alicyclic amines) is 1. The van der Waals surface area contributed by atoms with Crippen molar-refractivity contribution < 1.29 is 4.79 Å². The van der Waals surface area contributed by atoms with Crippen LogP contribution in [0, 0.1) is 5.92 Å². The molecule has 3 rings (SSSR count). The molecule has 1 fully saturated rings. The van der Waals surface area contributed by atoms with E-state index >= 15 is 0 Å². The van der Waals surface area contributed by atoms with E-state index in [1.165, 1.54) is 24.6 Å². The number of rotatable bonds is 1. The molecule has 1 atom stereocenters. The molecule has 3 nitrogen and oxygen atoms in total. The number of hydrogen-bond donors (Lipinski definition) is 0. The molecule has 0 spiro atoms. The van der Waals surface area contributed by atoms with Gasteiger partial charge >= 0.3 is 0 Å². The van der Waals surface area contributed by atoms with Gasteiger partial charge in [0, 0.05) is 17.6 Å². The molecule has 0 radical (unpaired) electrons. The fourth-order valence-corrected chi connectivity index (χ4v) is 3.97. The lowest BCUT2D eigenvalue weighted by Crippen LogP contribution is -2.37. The third kappa shape index (κ3) is 3.40. The van der Waals surface area contributed by atoms with Crippen molar-refractivity contribution in [2.24, 2.45) is 10.9 Å². The molecule has 0 bridgehead atoms. The number of thioether (sulfide) groups is 1. The largest absolute Gasteiger partial charge is 0.351 e. The first kappa shape index (κ1) is 14.9. The van der Waals surface area contributed by atoms with E-state index in [-0.39, 0.29) is 5.91 Å². The SMILES string of the molecule is C[C@H]1CCCN(C2=NC(=O)/C(=C/c3ccccc3Br)S2)C1. The van der Waals surface area contributed by atoms with Gasteiger partial charge in [0.15, 0.2) is 5.17 Å². The van der Waals surface area contributed by atoms with Crippen LogP contribution in [0.15, 0.2) is 38.6 Å². The summed E-state index contributed by atoms with van der Waals surface area (Å²) in [7, 11) is 0. The van der Waals surface area contributed by atoms with Crippen LogP contribution in [0.5, 0.6) is 0 Å². The maximum Gasteiger partial charge on any atom is 0.286 e. The Morgan fingerprint density at radius 3 is 3.00 bits per heavy atom. The van der Waals surface area contributed by atoms with Crippen LogP contribution < -0.4 is 0 Å². The van der Waals surface area contributed by atoms with E-state index in [1.54, 1.807) is 0 Å². The number of carbonyl (C=O) groups excluding carboxylic acids is 1. The summed E-state index contributed by atoms with van der Waals surface area (Å²) in [5.41, 5.74) is 1.01. The first-order chi connectivity index (χ1) is 10.1. The Hall–Kier alpha value is -1.07. The number of nitrogens with zero attached hydrogens (tertiary/aromatic N) is 2. The summed E-state index contributed by atoms with van der Waals surface area (Å²) in [5, 5.41) is 0.866. The first-order valence-corrected chi connectivity index (χ1v) is 8.76. The summed E-state index contributed by atoms with van der Waals surface area (Å²) < 4.78 is 0.992. The Bertz CT molecular complexity index is 626. The van der Waals surface area contributed by atoms with Gasteiger partial charge in [-0.2, -0.15) is 4.99 Å². The van der Waals surface area contributed by atoms with Gasteiger partial charge in [-0.05, 0) is 48.2 Å². The molecular formula is C16H17BrN2OS. The van der Waals surface area contributed by atoms with Gasteiger partial charge in [-0.25, -0.2) is 0 Å². The van der Waals surface area contributed by atoms with Crippen molar-refractivity contribution in [1.29, 1.82) is 0 Å². The predicted molar refractivity (Wildman–Crippen MR) is 92.1 cm³/mol. The van der Waals surface area contributed by atoms with Gasteiger partial charge in [0.2, 0.25) is 0 Å². The average molecular weight is 365 g/mol. The second-order valence-electron chi connectivity index (χ2n) is 5.53. The minimum Gasteiger partial charge on any atom is -0.351 e. The lowest BCUT2D eigenvalue weighted by Gasteiger charge is -2.31. The fourth-order valence-electron chi connectivity index (χ4n) is 2.63. The maximum atomic E-state index is 12.1. The van der Waals surface area contributed by atoms with Crippen molar-refractivity contribution in [3.05, 3.63) is 39.2 Å². The Kier molecular flexibility index (Phi) is 4.50. The molecule has 0 saturated carbocycles. The highest BCUT2D eigenvalue weighted by Gasteiger charge is 2.28. The van der Waals surface area contributed by atoms with Crippen molar-refractivity contribution >= 4 is 44.8 Å². The molecule has 2 aliphatic heterocycles. The van der Waals surface area contributed by atoms with Crippen LogP contribution in [-0.2, 0) is 4.79 Å². The first-order valence-electron chi connectivity index (χ1n) is 7.15. The molecule has 1 amide bonds. The zero-order valence-electron chi connectivity index (χ0n) is 11.9. The molecule has 21 heavy (non-hydrogen) atoms. The van der Waals surface area contributed by atoms with E-state index in [0.29, 0.717) is 10.8 Å². The molecule has 0 N–H and O–H groups in total. The molecule has 0 aromatic heterocycles. The summed E-state index contributed by atoms with van der Waals surface area (Å²) >= 11 is 5.01. The van der Waals surface area contributed by atoms with E-state index in [9.17, 15) is 4.79 Å². The standard InChI is InChI=1S/C16H17BrN2OS/c1-11-5-4-8-19(10-11)16-18-15(20)14(21-16)9-12-6-2-3-7-13(12)17/h2-3,6-7,9,11H,4-5,8,10H2,1H3/b14-9-/t11-/m0/s1. The summed E-state index contributed by atoms with van der Waals surface area (Å²) in [6.07, 6.45) is 4.36. The van der Waals surface area contributed by atoms with Crippen molar-refractivity contribution in [3.63, 3.8) is 0 Å². The van der Waals surface area contributed by atoms with E-state index in [1.807, 2.05) is 30.3 Å². The number of carbonyl (C=O) groups is 1. The van der Waals surface area contributed by atoms with Crippen molar-refractivity contribution in [3.8, 4) is 0 Å². The van der Waals surface area contributed by atoms with E-state index < -0.39 is 0 Å². The number of halogens is 1. The molecule has 2 heterocycles. The summed E-state index contributed by atoms with van der Waals surface area (Å²) in [5.74, 6) is 0.553. The second kappa shape index (κ2) is 6.36. The van der Waals surface area contributed by atoms with Gasteiger partial charge in [-0.15, -0.1) is 0 Å². The van der Waals surface area contributed by atoms with Crippen molar-refractivity contribution in [1.82, 2.24) is 4.90 Å². The Labute approximate surface area is 137 Å². The van der Waals surface area contributed by atoms with Crippen LogP contribution in [0.25, 0.3) is 6.08 Å². The fraction of sp³-hybridized carbons (Fsp3) is 0.375. The summed E-state index contributed by atoms with van der Waals surface area (Å²) in [4.78, 5) is 19.3. The Balaban J connectivity index is 1.77. The zero-order valence-corrected chi connectivity index (χ0v) is 14.3. The molecule has 0 aliphatic carbocycles. The molecule has 1 saturated heterocycles. The van der Waals surface area contributed by atoms with Gasteiger partial charge in [0.25, 0.3) is 5.91 Å². The van der Waals surface area contributed by atoms with Crippen LogP contribution in [-0.4, -0.2) is 29.1 Å². The number of amides is 1. The molecule has 1 aromatic rings. The quantitative estimate of drug-likeness (QED) is 0.701. The van der Waals surface area contributed by atoms with Gasteiger partial charge in [-0.1, -0.05) is 41.1 Å². The third-order valence-corrected chi connectivity index (χ3v) is 5.50. The highest BCUT2D eigenvalue weighted by molar-refractivity contribution is 9.10. The number of aliphatic imine (C=N–C) groups is 1. The number of hydrogen-bond acceptors (Lipinski definition) is 3. The maximum absolute atomic E-state index is 12.1. The average Bonchev–Trinajstić information content (AvgIpc) is 2.83. The Morgan fingerprint density at radius 2 is 2.24 bits per heavy atom. The molecular weight excluding hydrogens is 348 g/mol. The van der Waals surface area contributed by atoms with Gasteiger partial charge < -0.3 is 4.90 Å². The minimum absolute atomic E-state index is 0.121. The van der Waals surface area contributed by atoms with Crippen LogP contribution >= 0.6 is 27.7 Å². The van der Waals surface area contributed by atoms with Gasteiger partial charge in [0.05, 0.1) is 4.91 Å². The van der Waals surface area contributed by atoms with Crippen molar-refractivity contribution in [2.75, 3.05) is 13.1 Å².